The van der Waals surface area contributed by atoms with E-state index in [2.05, 4.69) is 0 Å². The molecule has 6 heteroatoms. The number of hydrogen-bond donors (Lipinski definition) is 3. The van der Waals surface area contributed by atoms with Crippen molar-refractivity contribution in [2.24, 2.45) is 11.1 Å². The minimum Gasteiger partial charge on any atom is -0.378 e. The van der Waals surface area contributed by atoms with Crippen LogP contribution < -0.4 is 5.73 Å². The minimum atomic E-state index is -1.93. The monoisotopic (exact) mass is 770 g/mol. The maximum atomic E-state index is 16.5. The highest BCUT2D eigenvalue weighted by molar-refractivity contribution is 6.05. The van der Waals surface area contributed by atoms with Crippen LogP contribution in [0.5, 0.6) is 0 Å². The minimum absolute atomic E-state index is 0.252. The lowest BCUT2D eigenvalue weighted by Gasteiger charge is -2.53. The van der Waals surface area contributed by atoms with E-state index in [1.165, 1.54) is 0 Å². The number of rotatable bonds is 12. The Morgan fingerprint density at radius 3 is 1.07 bits per heavy atom. The van der Waals surface area contributed by atoms with Gasteiger partial charge in [-0.3, -0.25) is 9.59 Å². The van der Waals surface area contributed by atoms with Crippen LogP contribution >= 0.6 is 0 Å². The van der Waals surface area contributed by atoms with Gasteiger partial charge in [0.25, 0.3) is 0 Å². The second-order valence-corrected chi connectivity index (χ2v) is 16.3. The highest BCUT2D eigenvalue weighted by Gasteiger charge is 2.59. The van der Waals surface area contributed by atoms with Crippen molar-refractivity contribution in [3.63, 3.8) is 0 Å². The van der Waals surface area contributed by atoms with Crippen LogP contribution in [-0.4, -0.2) is 26.9 Å². The summed E-state index contributed by atoms with van der Waals surface area (Å²) in [5.74, 6) is -1.23. The molecule has 1 fully saturated rings. The Morgan fingerprint density at radius 2 is 0.793 bits per heavy atom. The topological polar surface area (TPSA) is 104 Å². The van der Waals surface area contributed by atoms with Gasteiger partial charge < -0.3 is 20.8 Å². The normalized spacial score (nSPS) is 15.3. The maximum absolute atomic E-state index is 16.5. The molecular weight excluding hydrogens is 717 g/mol. The summed E-state index contributed by atoms with van der Waals surface area (Å²) in [4.78, 5) is 32.3. The first kappa shape index (κ1) is 40.4. The number of aryl methyl sites for hydroxylation is 4. The SMILES string of the molecule is Cc1ccc(C(O)(c2ccc(C)cc2)[C@@H](c2ccccc2)N(C(=O)C2(C(N)=O)CCCCC2)[C@H](c2ccccc2)C(O)(c2ccc(C)cc2)c2ccc(C)cc2)cc1. The van der Waals surface area contributed by atoms with E-state index in [9.17, 15) is 15.0 Å². The number of hydrogen-bond acceptors (Lipinski definition) is 4. The number of primary amides is 1. The van der Waals surface area contributed by atoms with Crippen molar-refractivity contribution in [1.82, 2.24) is 4.90 Å². The van der Waals surface area contributed by atoms with Gasteiger partial charge in [-0.1, -0.05) is 199 Å². The van der Waals surface area contributed by atoms with Crippen LogP contribution in [0.2, 0.25) is 0 Å². The molecule has 2 atom stereocenters. The first-order valence-corrected chi connectivity index (χ1v) is 20.4. The molecule has 0 unspecified atom stereocenters. The van der Waals surface area contributed by atoms with Gasteiger partial charge in [-0.25, -0.2) is 0 Å². The molecule has 6 aromatic rings. The van der Waals surface area contributed by atoms with Crippen molar-refractivity contribution < 1.29 is 19.8 Å². The van der Waals surface area contributed by atoms with Gasteiger partial charge in [-0.2, -0.15) is 0 Å². The van der Waals surface area contributed by atoms with Gasteiger partial charge in [0, 0.05) is 0 Å². The Kier molecular flexibility index (Phi) is 11.5. The number of nitrogens with two attached hydrogens (primary N) is 1. The van der Waals surface area contributed by atoms with Crippen molar-refractivity contribution in [3.8, 4) is 0 Å². The van der Waals surface area contributed by atoms with E-state index >= 15 is 4.79 Å². The Labute approximate surface area is 343 Å². The smallest absolute Gasteiger partial charge is 0.239 e. The lowest BCUT2D eigenvalue weighted by molar-refractivity contribution is -0.170. The second-order valence-electron chi connectivity index (χ2n) is 16.3. The Bertz CT molecular complexity index is 2080. The van der Waals surface area contributed by atoms with E-state index in [0.717, 1.165) is 28.7 Å². The number of nitrogens with zero attached hydrogens (tertiary/aromatic N) is 1. The highest BCUT2D eigenvalue weighted by Crippen LogP contribution is 2.55. The predicted molar refractivity (Wildman–Crippen MR) is 231 cm³/mol. The third-order valence-electron chi connectivity index (χ3n) is 12.4. The van der Waals surface area contributed by atoms with Gasteiger partial charge in [-0.05, 0) is 73.9 Å². The predicted octanol–water partition coefficient (Wildman–Crippen LogP) is 9.84. The molecule has 58 heavy (non-hydrogen) atoms. The van der Waals surface area contributed by atoms with Crippen molar-refractivity contribution in [2.45, 2.75) is 83.1 Å². The molecule has 0 bridgehead atoms. The zero-order valence-electron chi connectivity index (χ0n) is 33.9. The standard InChI is InChI=1S/C52H54N2O4/c1-36-18-26-42(27-19-36)51(57,43-28-20-37(2)21-29-43)46(40-14-8-5-9-15-40)54(49(56)50(48(53)55)34-12-7-13-35-50)47(41-16-10-6-11-17-41)52(58,44-30-22-38(3)23-31-44)45-32-24-39(4)25-33-45/h5-6,8-11,14-33,46-47,57-58H,7,12-13,34-35H2,1-4H3,(H2,53,55)/t46-,47-/m1/s1. The molecule has 7 rings (SSSR count). The average Bonchev–Trinajstić information content (AvgIpc) is 3.24. The number of aliphatic hydroxyl groups is 2. The number of carbonyl (C=O) groups excluding carboxylic acids is 2. The quantitative estimate of drug-likeness (QED) is 0.108. The molecule has 0 aromatic heterocycles. The van der Waals surface area contributed by atoms with E-state index in [-0.39, 0.29) is 12.8 Å². The van der Waals surface area contributed by atoms with Gasteiger partial charge in [0.2, 0.25) is 11.8 Å². The van der Waals surface area contributed by atoms with Gasteiger partial charge in [0.15, 0.2) is 0 Å². The van der Waals surface area contributed by atoms with Crippen molar-refractivity contribution in [3.05, 3.63) is 213 Å². The Balaban J connectivity index is 1.67. The van der Waals surface area contributed by atoms with Gasteiger partial charge in [0.05, 0.1) is 12.1 Å². The molecule has 1 aliphatic carbocycles. The summed E-state index contributed by atoms with van der Waals surface area (Å²) in [5.41, 5.74) is 8.41. The van der Waals surface area contributed by atoms with Gasteiger partial charge >= 0.3 is 0 Å². The number of benzene rings is 6. The van der Waals surface area contributed by atoms with Crippen LogP contribution in [0.15, 0.2) is 158 Å². The molecular formula is C52H54N2O4. The van der Waals surface area contributed by atoms with Crippen molar-refractivity contribution >= 4 is 11.8 Å². The first-order valence-electron chi connectivity index (χ1n) is 20.4. The summed E-state index contributed by atoms with van der Waals surface area (Å²) in [5, 5.41) is 28.3. The molecule has 296 valence electrons. The van der Waals surface area contributed by atoms with Crippen LogP contribution in [0.4, 0.5) is 0 Å². The molecule has 2 amide bonds. The highest BCUT2D eigenvalue weighted by atomic mass is 16.3. The fourth-order valence-electron chi connectivity index (χ4n) is 9.02. The maximum Gasteiger partial charge on any atom is 0.239 e. The average molecular weight is 771 g/mol. The van der Waals surface area contributed by atoms with Crippen LogP contribution in [-0.2, 0) is 20.8 Å². The largest absolute Gasteiger partial charge is 0.378 e. The van der Waals surface area contributed by atoms with Crippen molar-refractivity contribution in [1.29, 1.82) is 0 Å². The summed E-state index contributed by atoms with van der Waals surface area (Å²) in [6.45, 7) is 7.97. The van der Waals surface area contributed by atoms with Crippen LogP contribution in [0.3, 0.4) is 0 Å². The Hall–Kier alpha value is -5.82. The second kappa shape index (κ2) is 16.6. The molecule has 0 heterocycles. The molecule has 0 radical (unpaired) electrons. The van der Waals surface area contributed by atoms with E-state index < -0.39 is 40.5 Å². The summed E-state index contributed by atoms with van der Waals surface area (Å²) >= 11 is 0. The molecule has 1 saturated carbocycles. The third kappa shape index (κ3) is 7.39. The van der Waals surface area contributed by atoms with Crippen LogP contribution in [0.25, 0.3) is 0 Å². The zero-order chi connectivity index (χ0) is 41.1. The van der Waals surface area contributed by atoms with Gasteiger partial charge in [0.1, 0.15) is 16.6 Å². The summed E-state index contributed by atoms with van der Waals surface area (Å²) in [7, 11) is 0. The molecule has 0 aliphatic heterocycles. The summed E-state index contributed by atoms with van der Waals surface area (Å²) in [6.07, 6.45) is 2.63. The summed E-state index contributed by atoms with van der Waals surface area (Å²) < 4.78 is 0. The lowest BCUT2D eigenvalue weighted by Crippen LogP contribution is -2.60. The van der Waals surface area contributed by atoms with Crippen LogP contribution in [0, 0.1) is 33.1 Å². The first-order chi connectivity index (χ1) is 27.9. The molecule has 6 nitrogen and oxygen atoms in total. The van der Waals surface area contributed by atoms with Crippen molar-refractivity contribution in [2.75, 3.05) is 0 Å². The molecule has 4 N–H and O–H groups in total. The molecule has 0 spiro atoms. The van der Waals surface area contributed by atoms with Crippen LogP contribution in [0.1, 0.15) is 99.8 Å². The van der Waals surface area contributed by atoms with Gasteiger partial charge in [-0.15, -0.1) is 0 Å². The molecule has 6 aromatic carbocycles. The van der Waals surface area contributed by atoms with E-state index in [4.69, 9.17) is 5.73 Å². The Morgan fingerprint density at radius 1 is 0.500 bits per heavy atom. The molecule has 1 aliphatic rings. The van der Waals surface area contributed by atoms with E-state index in [0.29, 0.717) is 46.2 Å². The van der Waals surface area contributed by atoms with E-state index in [1.807, 2.05) is 185 Å². The van der Waals surface area contributed by atoms with E-state index in [1.54, 1.807) is 4.90 Å². The zero-order valence-corrected chi connectivity index (χ0v) is 33.9. The lowest BCUT2D eigenvalue weighted by atomic mass is 9.68. The molecule has 0 saturated heterocycles. The fourth-order valence-corrected chi connectivity index (χ4v) is 9.02. The summed E-state index contributed by atoms with van der Waals surface area (Å²) in [6, 6.07) is 47.5. The number of carbonyl (C=O) groups is 2. The third-order valence-corrected chi connectivity index (χ3v) is 12.4. The fraction of sp³-hybridized carbons (Fsp3) is 0.269. The number of amides is 2.